The van der Waals surface area contributed by atoms with Crippen molar-refractivity contribution in [3.05, 3.63) is 75.8 Å². The molecule has 0 saturated carbocycles. The number of nitro groups is 1. The van der Waals surface area contributed by atoms with Gasteiger partial charge in [0.1, 0.15) is 0 Å². The van der Waals surface area contributed by atoms with Gasteiger partial charge in [-0.2, -0.15) is 0 Å². The topological polar surface area (TPSA) is 66.6 Å². The number of rotatable bonds is 8. The lowest BCUT2D eigenvalue weighted by molar-refractivity contribution is -0.385. The van der Waals surface area contributed by atoms with Crippen LogP contribution in [0.25, 0.3) is 0 Å². The van der Waals surface area contributed by atoms with Gasteiger partial charge in [0.25, 0.3) is 5.69 Å². The maximum Gasteiger partial charge on any atom is 0.273 e. The minimum Gasteiger partial charge on any atom is -0.395 e. The van der Waals surface area contributed by atoms with Crippen molar-refractivity contribution in [1.82, 2.24) is 4.90 Å². The molecule has 1 unspecified atom stereocenters. The SMILES string of the molecule is CC(C)C(CO)N(Cc1ccccc1)Cc1ccccc1[N+](=O)[O-]. The van der Waals surface area contributed by atoms with Crippen molar-refractivity contribution in [2.24, 2.45) is 5.92 Å². The van der Waals surface area contributed by atoms with E-state index in [1.807, 2.05) is 36.4 Å². The van der Waals surface area contributed by atoms with Gasteiger partial charge in [0.15, 0.2) is 0 Å². The minimum atomic E-state index is -0.348. The summed E-state index contributed by atoms with van der Waals surface area (Å²) in [4.78, 5) is 13.0. The van der Waals surface area contributed by atoms with Crippen molar-refractivity contribution < 1.29 is 10.0 Å². The molecular weight excluding hydrogens is 304 g/mol. The first-order valence-corrected chi connectivity index (χ1v) is 8.14. The number of hydrogen-bond acceptors (Lipinski definition) is 4. The van der Waals surface area contributed by atoms with E-state index in [-0.39, 0.29) is 29.2 Å². The minimum absolute atomic E-state index is 0.0190. The normalized spacial score (nSPS) is 12.5. The molecule has 0 radical (unpaired) electrons. The molecule has 0 spiro atoms. The Balaban J connectivity index is 2.30. The molecule has 0 aliphatic carbocycles. The van der Waals surface area contributed by atoms with E-state index in [9.17, 15) is 15.2 Å². The molecule has 1 atom stereocenters. The monoisotopic (exact) mass is 328 g/mol. The van der Waals surface area contributed by atoms with Crippen LogP contribution < -0.4 is 0 Å². The average Bonchev–Trinajstić information content (AvgIpc) is 2.56. The maximum absolute atomic E-state index is 11.3. The Bertz CT molecular complexity index is 659. The summed E-state index contributed by atoms with van der Waals surface area (Å²) < 4.78 is 0. The maximum atomic E-state index is 11.3. The van der Waals surface area contributed by atoms with Gasteiger partial charge in [-0.15, -0.1) is 0 Å². The van der Waals surface area contributed by atoms with Gasteiger partial charge in [-0.1, -0.05) is 62.4 Å². The third kappa shape index (κ3) is 4.63. The van der Waals surface area contributed by atoms with E-state index in [1.165, 1.54) is 6.07 Å². The van der Waals surface area contributed by atoms with Gasteiger partial charge in [-0.25, -0.2) is 0 Å². The molecule has 0 heterocycles. The molecule has 24 heavy (non-hydrogen) atoms. The van der Waals surface area contributed by atoms with E-state index in [4.69, 9.17) is 0 Å². The summed E-state index contributed by atoms with van der Waals surface area (Å²) in [7, 11) is 0. The highest BCUT2D eigenvalue weighted by atomic mass is 16.6. The molecule has 0 aromatic heterocycles. The van der Waals surface area contributed by atoms with Gasteiger partial charge in [-0.05, 0) is 11.5 Å². The first-order valence-electron chi connectivity index (χ1n) is 8.14. The number of nitrogens with zero attached hydrogens (tertiary/aromatic N) is 2. The lowest BCUT2D eigenvalue weighted by atomic mass is 10.0. The Hall–Kier alpha value is -2.24. The van der Waals surface area contributed by atoms with Crippen molar-refractivity contribution in [2.45, 2.75) is 33.0 Å². The zero-order valence-corrected chi connectivity index (χ0v) is 14.1. The van der Waals surface area contributed by atoms with Crippen LogP contribution in [0.5, 0.6) is 0 Å². The second-order valence-corrected chi connectivity index (χ2v) is 6.27. The lowest BCUT2D eigenvalue weighted by Gasteiger charge is -2.33. The van der Waals surface area contributed by atoms with Gasteiger partial charge in [-0.3, -0.25) is 15.0 Å². The standard InChI is InChI=1S/C19H24N2O3/c1-15(2)19(14-22)20(12-16-8-4-3-5-9-16)13-17-10-6-7-11-18(17)21(23)24/h3-11,15,19,22H,12-14H2,1-2H3. The zero-order valence-electron chi connectivity index (χ0n) is 14.1. The largest absolute Gasteiger partial charge is 0.395 e. The highest BCUT2D eigenvalue weighted by molar-refractivity contribution is 5.39. The summed E-state index contributed by atoms with van der Waals surface area (Å²) in [6.07, 6.45) is 0. The van der Waals surface area contributed by atoms with Gasteiger partial charge >= 0.3 is 0 Å². The number of aliphatic hydroxyl groups excluding tert-OH is 1. The molecule has 2 rings (SSSR count). The van der Waals surface area contributed by atoms with Crippen LogP contribution in [0.4, 0.5) is 5.69 Å². The van der Waals surface area contributed by atoms with Crippen molar-refractivity contribution in [1.29, 1.82) is 0 Å². The molecule has 128 valence electrons. The first kappa shape index (κ1) is 18.1. The Labute approximate surface area is 142 Å². The fourth-order valence-electron chi connectivity index (χ4n) is 2.90. The molecular formula is C19H24N2O3. The highest BCUT2D eigenvalue weighted by Crippen LogP contribution is 2.23. The van der Waals surface area contributed by atoms with Crippen molar-refractivity contribution >= 4 is 5.69 Å². The summed E-state index contributed by atoms with van der Waals surface area (Å²) in [5.41, 5.74) is 1.91. The molecule has 0 amide bonds. The van der Waals surface area contributed by atoms with Gasteiger partial charge in [0.2, 0.25) is 0 Å². The Kier molecular flexibility index (Phi) is 6.46. The van der Waals surface area contributed by atoms with Crippen molar-refractivity contribution in [3.8, 4) is 0 Å². The average molecular weight is 328 g/mol. The second kappa shape index (κ2) is 8.57. The molecule has 0 bridgehead atoms. The van der Waals surface area contributed by atoms with E-state index >= 15 is 0 Å². The van der Waals surface area contributed by atoms with Crippen molar-refractivity contribution in [2.75, 3.05) is 6.61 Å². The molecule has 5 heteroatoms. The molecule has 0 aliphatic rings. The number of nitro benzene ring substituents is 1. The molecule has 0 aliphatic heterocycles. The van der Waals surface area contributed by atoms with E-state index in [1.54, 1.807) is 12.1 Å². The number of benzene rings is 2. The van der Waals surface area contributed by atoms with Crippen LogP contribution in [-0.2, 0) is 13.1 Å². The third-order valence-electron chi connectivity index (χ3n) is 4.22. The summed E-state index contributed by atoms with van der Waals surface area (Å²) in [5.74, 6) is 0.237. The molecule has 0 fully saturated rings. The summed E-state index contributed by atoms with van der Waals surface area (Å²) in [6.45, 7) is 5.19. The Morgan fingerprint density at radius 1 is 1.04 bits per heavy atom. The van der Waals surface area contributed by atoms with Crippen LogP contribution >= 0.6 is 0 Å². The molecule has 2 aromatic rings. The Morgan fingerprint density at radius 2 is 1.67 bits per heavy atom. The fourth-order valence-corrected chi connectivity index (χ4v) is 2.90. The zero-order chi connectivity index (χ0) is 17.5. The predicted octanol–water partition coefficient (Wildman–Crippen LogP) is 3.61. The quantitative estimate of drug-likeness (QED) is 0.594. The third-order valence-corrected chi connectivity index (χ3v) is 4.22. The van der Waals surface area contributed by atoms with E-state index < -0.39 is 0 Å². The summed E-state index contributed by atoms with van der Waals surface area (Å²) in [6, 6.07) is 16.7. The van der Waals surface area contributed by atoms with Crippen molar-refractivity contribution in [3.63, 3.8) is 0 Å². The van der Waals surface area contributed by atoms with Crippen LogP contribution in [0, 0.1) is 16.0 Å². The first-order chi connectivity index (χ1) is 11.5. The lowest BCUT2D eigenvalue weighted by Crippen LogP contribution is -2.40. The molecule has 5 nitrogen and oxygen atoms in total. The second-order valence-electron chi connectivity index (χ2n) is 6.27. The van der Waals surface area contributed by atoms with E-state index in [0.717, 1.165) is 5.56 Å². The van der Waals surface area contributed by atoms with Crippen LogP contribution in [-0.4, -0.2) is 27.6 Å². The highest BCUT2D eigenvalue weighted by Gasteiger charge is 2.24. The van der Waals surface area contributed by atoms with E-state index in [0.29, 0.717) is 18.7 Å². The summed E-state index contributed by atoms with van der Waals surface area (Å²) >= 11 is 0. The van der Waals surface area contributed by atoms with Gasteiger partial charge in [0, 0.05) is 30.8 Å². The number of para-hydroxylation sites is 1. The smallest absolute Gasteiger partial charge is 0.273 e. The Morgan fingerprint density at radius 3 is 2.25 bits per heavy atom. The summed E-state index contributed by atoms with van der Waals surface area (Å²) in [5, 5.41) is 21.1. The van der Waals surface area contributed by atoms with Crippen LogP contribution in [0.15, 0.2) is 54.6 Å². The number of aliphatic hydroxyl groups is 1. The number of hydrogen-bond donors (Lipinski definition) is 1. The van der Waals surface area contributed by atoms with E-state index in [2.05, 4.69) is 18.7 Å². The molecule has 0 saturated heterocycles. The van der Waals surface area contributed by atoms with Crippen LogP contribution in [0.1, 0.15) is 25.0 Å². The van der Waals surface area contributed by atoms with Gasteiger partial charge in [0.05, 0.1) is 11.5 Å². The van der Waals surface area contributed by atoms with Crippen LogP contribution in [0.3, 0.4) is 0 Å². The molecule has 2 aromatic carbocycles. The van der Waals surface area contributed by atoms with Crippen LogP contribution in [0.2, 0.25) is 0 Å². The van der Waals surface area contributed by atoms with Gasteiger partial charge < -0.3 is 5.11 Å². The fraction of sp³-hybridized carbons (Fsp3) is 0.368. The molecule has 1 N–H and O–H groups in total. The predicted molar refractivity (Wildman–Crippen MR) is 94.5 cm³/mol.